The van der Waals surface area contributed by atoms with Gasteiger partial charge < -0.3 is 5.11 Å². The van der Waals surface area contributed by atoms with E-state index in [1.807, 2.05) is 0 Å². The molecule has 0 saturated carbocycles. The second-order valence-electron chi connectivity index (χ2n) is 1.98. The third-order valence-corrected chi connectivity index (χ3v) is 1.17. The lowest BCUT2D eigenvalue weighted by Gasteiger charge is -2.01. The van der Waals surface area contributed by atoms with E-state index in [4.69, 9.17) is 5.11 Å². The van der Waals surface area contributed by atoms with Gasteiger partial charge in [-0.25, -0.2) is 8.78 Å². The Labute approximate surface area is 64.5 Å². The van der Waals surface area contributed by atoms with Crippen LogP contribution in [-0.2, 0) is 0 Å². The smallest absolute Gasteiger partial charge is 0.268 e. The highest BCUT2D eigenvalue weighted by atomic mass is 19.3. The topological polar surface area (TPSA) is 33.1 Å². The highest BCUT2D eigenvalue weighted by Crippen LogP contribution is 2.25. The molecule has 0 aliphatic carbocycles. The Morgan fingerprint density at radius 3 is 2.33 bits per heavy atom. The Morgan fingerprint density at radius 1 is 1.25 bits per heavy atom. The van der Waals surface area contributed by atoms with Crippen molar-refractivity contribution in [1.29, 1.82) is 0 Å². The van der Waals surface area contributed by atoms with Crippen LogP contribution in [0.4, 0.5) is 17.6 Å². The van der Waals surface area contributed by atoms with Crippen LogP contribution in [-0.4, -0.2) is 10.1 Å². The Hall–Kier alpha value is -1.33. The van der Waals surface area contributed by atoms with Crippen molar-refractivity contribution in [1.82, 2.24) is 4.98 Å². The van der Waals surface area contributed by atoms with E-state index >= 15 is 0 Å². The number of alkyl halides is 2. The molecule has 1 aromatic heterocycles. The van der Waals surface area contributed by atoms with E-state index in [2.05, 4.69) is 4.98 Å². The quantitative estimate of drug-likeness (QED) is 0.531. The van der Waals surface area contributed by atoms with Crippen molar-refractivity contribution < 1.29 is 22.7 Å². The third kappa shape index (κ3) is 1.46. The van der Waals surface area contributed by atoms with Gasteiger partial charge >= 0.3 is 0 Å². The molecule has 2 nitrogen and oxygen atoms in total. The highest BCUT2D eigenvalue weighted by molar-refractivity contribution is 5.25. The van der Waals surface area contributed by atoms with E-state index in [-0.39, 0.29) is 0 Å². The molecule has 0 radical (unpaired) electrons. The molecule has 0 unspecified atom stereocenters. The first kappa shape index (κ1) is 8.76. The average Bonchev–Trinajstić information content (AvgIpc) is 1.96. The van der Waals surface area contributed by atoms with E-state index in [1.54, 1.807) is 0 Å². The summed E-state index contributed by atoms with van der Waals surface area (Å²) in [7, 11) is 0. The minimum atomic E-state index is -3.12. The zero-order valence-corrected chi connectivity index (χ0v) is 5.56. The molecule has 1 rings (SSSR count). The lowest BCUT2D eigenvalue weighted by atomic mass is 10.3. The van der Waals surface area contributed by atoms with Crippen molar-refractivity contribution in [2.45, 2.75) is 6.43 Å². The molecule has 0 amide bonds. The summed E-state index contributed by atoms with van der Waals surface area (Å²) in [5.74, 6) is -4.20. The fourth-order valence-corrected chi connectivity index (χ4v) is 0.627. The summed E-state index contributed by atoms with van der Waals surface area (Å²) < 4.78 is 48.2. The molecule has 1 N–H and O–H groups in total. The van der Waals surface area contributed by atoms with Crippen molar-refractivity contribution in [3.8, 4) is 5.75 Å². The first-order valence-electron chi connectivity index (χ1n) is 2.85. The summed E-state index contributed by atoms with van der Waals surface area (Å²) in [5.41, 5.74) is -1.12. The molecule has 1 aromatic rings. The fraction of sp³-hybridized carbons (Fsp3) is 0.167. The van der Waals surface area contributed by atoms with E-state index in [0.717, 1.165) is 0 Å². The van der Waals surface area contributed by atoms with Crippen molar-refractivity contribution in [3.05, 3.63) is 23.5 Å². The van der Waals surface area contributed by atoms with E-state index in [1.165, 1.54) is 0 Å². The number of aromatic hydroxyl groups is 1. The molecular weight excluding hydrogens is 178 g/mol. The van der Waals surface area contributed by atoms with Gasteiger partial charge in [0.15, 0.2) is 5.75 Å². The second kappa shape index (κ2) is 2.96. The van der Waals surface area contributed by atoms with Crippen LogP contribution in [0.15, 0.2) is 6.07 Å². The van der Waals surface area contributed by atoms with Gasteiger partial charge in [-0.05, 0) is 6.07 Å². The number of aromatic nitrogens is 1. The standard InChI is InChI=1S/C6H3F4NO/c7-4(8)2-1-3(12)6(10)11-5(2)9/h1,4,12H. The maximum atomic E-state index is 12.3. The van der Waals surface area contributed by atoms with Gasteiger partial charge in [-0.1, -0.05) is 0 Å². The van der Waals surface area contributed by atoms with Gasteiger partial charge in [0.1, 0.15) is 0 Å². The summed E-state index contributed by atoms with van der Waals surface area (Å²) in [5, 5.41) is 8.54. The number of hydrogen-bond donors (Lipinski definition) is 1. The Morgan fingerprint density at radius 2 is 1.83 bits per heavy atom. The van der Waals surface area contributed by atoms with Gasteiger partial charge in [-0.15, -0.1) is 0 Å². The molecule has 0 aliphatic heterocycles. The Kier molecular flexibility index (Phi) is 2.16. The van der Waals surface area contributed by atoms with Crippen LogP contribution in [0.25, 0.3) is 0 Å². The molecular formula is C6H3F4NO. The van der Waals surface area contributed by atoms with Crippen LogP contribution >= 0.6 is 0 Å². The van der Waals surface area contributed by atoms with Gasteiger partial charge in [0.25, 0.3) is 12.4 Å². The summed E-state index contributed by atoms with van der Waals surface area (Å²) >= 11 is 0. The number of hydrogen-bond acceptors (Lipinski definition) is 2. The van der Waals surface area contributed by atoms with Crippen molar-refractivity contribution in [2.75, 3.05) is 0 Å². The maximum Gasteiger partial charge on any atom is 0.268 e. The molecule has 0 aromatic carbocycles. The summed E-state index contributed by atoms with van der Waals surface area (Å²) in [6.07, 6.45) is -3.12. The molecule has 6 heteroatoms. The number of rotatable bonds is 1. The monoisotopic (exact) mass is 181 g/mol. The summed E-state index contributed by atoms with van der Waals surface area (Å²) in [6, 6.07) is 0.308. The van der Waals surface area contributed by atoms with Crippen LogP contribution in [0.1, 0.15) is 12.0 Å². The molecule has 66 valence electrons. The maximum absolute atomic E-state index is 12.3. The normalized spacial score (nSPS) is 10.8. The molecule has 0 fully saturated rings. The average molecular weight is 181 g/mol. The number of halogens is 4. The van der Waals surface area contributed by atoms with Gasteiger partial charge in [-0.3, -0.25) is 0 Å². The highest BCUT2D eigenvalue weighted by Gasteiger charge is 2.17. The minimum Gasteiger partial charge on any atom is -0.504 e. The van der Waals surface area contributed by atoms with Gasteiger partial charge in [0.05, 0.1) is 5.56 Å². The van der Waals surface area contributed by atoms with Gasteiger partial charge in [0.2, 0.25) is 5.95 Å². The summed E-state index contributed by atoms with van der Waals surface area (Å²) in [4.78, 5) is 2.43. The van der Waals surface area contributed by atoms with Gasteiger partial charge in [0, 0.05) is 0 Å². The van der Waals surface area contributed by atoms with Crippen molar-refractivity contribution in [3.63, 3.8) is 0 Å². The molecule has 12 heavy (non-hydrogen) atoms. The van der Waals surface area contributed by atoms with Crippen LogP contribution in [0, 0.1) is 11.9 Å². The van der Waals surface area contributed by atoms with Crippen molar-refractivity contribution in [2.24, 2.45) is 0 Å². The lowest BCUT2D eigenvalue weighted by molar-refractivity contribution is 0.144. The van der Waals surface area contributed by atoms with Crippen LogP contribution in [0.2, 0.25) is 0 Å². The molecule has 0 spiro atoms. The van der Waals surface area contributed by atoms with Crippen molar-refractivity contribution >= 4 is 0 Å². The lowest BCUT2D eigenvalue weighted by Crippen LogP contribution is -1.97. The fourth-order valence-electron chi connectivity index (χ4n) is 0.627. The Bertz CT molecular complexity index is 302. The number of nitrogens with zero attached hydrogens (tertiary/aromatic N) is 1. The van der Waals surface area contributed by atoms with Crippen LogP contribution in [0.5, 0.6) is 5.75 Å². The molecule has 1 heterocycles. The second-order valence-corrected chi connectivity index (χ2v) is 1.98. The zero-order valence-electron chi connectivity index (χ0n) is 5.56. The molecule has 0 bridgehead atoms. The summed E-state index contributed by atoms with van der Waals surface area (Å²) in [6.45, 7) is 0. The largest absolute Gasteiger partial charge is 0.504 e. The molecule has 0 atom stereocenters. The van der Waals surface area contributed by atoms with Crippen LogP contribution in [0.3, 0.4) is 0 Å². The third-order valence-electron chi connectivity index (χ3n) is 1.17. The minimum absolute atomic E-state index is 0.308. The van der Waals surface area contributed by atoms with E-state index in [0.29, 0.717) is 6.07 Å². The van der Waals surface area contributed by atoms with E-state index < -0.39 is 29.6 Å². The predicted octanol–water partition coefficient (Wildman–Crippen LogP) is 2.00. The van der Waals surface area contributed by atoms with E-state index in [9.17, 15) is 17.6 Å². The number of pyridine rings is 1. The Balaban J connectivity index is 3.23. The first-order chi connectivity index (χ1) is 5.52. The first-order valence-corrected chi connectivity index (χ1v) is 2.85. The molecule has 0 aliphatic rings. The van der Waals surface area contributed by atoms with Crippen LogP contribution < -0.4 is 0 Å². The zero-order chi connectivity index (χ0) is 9.30. The molecule has 0 saturated heterocycles. The van der Waals surface area contributed by atoms with Gasteiger partial charge in [-0.2, -0.15) is 13.8 Å². The predicted molar refractivity (Wildman–Crippen MR) is 30.8 cm³/mol. The SMILES string of the molecule is Oc1cc(C(F)F)c(F)nc1F.